The summed E-state index contributed by atoms with van der Waals surface area (Å²) >= 11 is 0. The third kappa shape index (κ3) is 6.47. The first-order valence-electron chi connectivity index (χ1n) is 10.2. The molecule has 1 aliphatic heterocycles. The van der Waals surface area contributed by atoms with Crippen molar-refractivity contribution in [1.29, 1.82) is 0 Å². The molecule has 0 radical (unpaired) electrons. The molecule has 0 spiro atoms. The van der Waals surface area contributed by atoms with Gasteiger partial charge >= 0.3 is 12.0 Å². The van der Waals surface area contributed by atoms with Crippen LogP contribution in [0.1, 0.15) is 12.5 Å². The smallest absolute Gasteiger partial charge is 0.347 e. The number of aryl methyl sites for hydroxylation is 1. The van der Waals surface area contributed by atoms with Gasteiger partial charge in [0.2, 0.25) is 0 Å². The molecule has 1 unspecified atom stereocenters. The van der Waals surface area contributed by atoms with Crippen LogP contribution in [-0.4, -0.2) is 66.6 Å². The lowest BCUT2D eigenvalue weighted by Gasteiger charge is -2.34. The fraction of sp³-hybridized carbons (Fsp3) is 0.348. The van der Waals surface area contributed by atoms with Crippen molar-refractivity contribution in [3.05, 3.63) is 60.2 Å². The number of carbonyl (C=O) groups is 3. The quantitative estimate of drug-likeness (QED) is 0.719. The number of urea groups is 1. The minimum absolute atomic E-state index is 0.202. The maximum atomic E-state index is 12.4. The van der Waals surface area contributed by atoms with Gasteiger partial charge in [-0.05, 0) is 38.1 Å². The molecule has 2 aromatic carbocycles. The van der Waals surface area contributed by atoms with Crippen molar-refractivity contribution < 1.29 is 23.9 Å². The third-order valence-electron chi connectivity index (χ3n) is 4.95. The second-order valence-electron chi connectivity index (χ2n) is 7.34. The molecule has 8 nitrogen and oxygen atoms in total. The highest BCUT2D eigenvalue weighted by Gasteiger charge is 2.25. The number of hydrogen-bond donors (Lipinski definition) is 1. The summed E-state index contributed by atoms with van der Waals surface area (Å²) in [4.78, 5) is 40.1. The molecular weight excluding hydrogens is 398 g/mol. The van der Waals surface area contributed by atoms with Crippen molar-refractivity contribution in [3.63, 3.8) is 0 Å². The van der Waals surface area contributed by atoms with E-state index in [2.05, 4.69) is 5.32 Å². The van der Waals surface area contributed by atoms with E-state index in [1.165, 1.54) is 0 Å². The average molecular weight is 425 g/mol. The van der Waals surface area contributed by atoms with Crippen LogP contribution in [0, 0.1) is 6.92 Å². The van der Waals surface area contributed by atoms with E-state index < -0.39 is 12.1 Å². The van der Waals surface area contributed by atoms with E-state index in [-0.39, 0.29) is 18.5 Å². The standard InChI is InChI=1S/C23H27N3O5/c1-17-8-10-20(11-9-17)31-18(2)22(28)30-16-21(27)25-12-14-26(15-13-25)23(29)24-19-6-4-3-5-7-19/h3-11,18H,12-16H2,1-2H3,(H,24,29). The minimum atomic E-state index is -0.825. The second-order valence-corrected chi connectivity index (χ2v) is 7.34. The monoisotopic (exact) mass is 425 g/mol. The summed E-state index contributed by atoms with van der Waals surface area (Å²) in [6, 6.07) is 16.3. The van der Waals surface area contributed by atoms with Crippen LogP contribution in [0.3, 0.4) is 0 Å². The number of para-hydroxylation sites is 1. The van der Waals surface area contributed by atoms with Crippen molar-refractivity contribution in [2.75, 3.05) is 38.1 Å². The number of hydrogen-bond acceptors (Lipinski definition) is 5. The molecule has 1 atom stereocenters. The lowest BCUT2D eigenvalue weighted by Crippen LogP contribution is -2.52. The number of amides is 3. The summed E-state index contributed by atoms with van der Waals surface area (Å²) in [5.74, 6) is -0.333. The number of rotatable bonds is 6. The summed E-state index contributed by atoms with van der Waals surface area (Å²) in [6.07, 6.45) is -0.825. The first-order chi connectivity index (χ1) is 14.9. The summed E-state index contributed by atoms with van der Waals surface area (Å²) < 4.78 is 10.7. The largest absolute Gasteiger partial charge is 0.479 e. The van der Waals surface area contributed by atoms with Crippen molar-refractivity contribution in [1.82, 2.24) is 9.80 Å². The summed E-state index contributed by atoms with van der Waals surface area (Å²) in [6.45, 7) is 4.77. The first-order valence-corrected chi connectivity index (χ1v) is 10.2. The van der Waals surface area contributed by atoms with Gasteiger partial charge in [-0.25, -0.2) is 9.59 Å². The molecule has 1 aliphatic rings. The van der Waals surface area contributed by atoms with Crippen LogP contribution in [0.4, 0.5) is 10.5 Å². The van der Waals surface area contributed by atoms with Gasteiger partial charge in [0.25, 0.3) is 5.91 Å². The molecule has 1 N–H and O–H groups in total. The maximum absolute atomic E-state index is 12.4. The molecule has 0 aliphatic carbocycles. The van der Waals surface area contributed by atoms with Crippen LogP contribution in [-0.2, 0) is 14.3 Å². The zero-order valence-corrected chi connectivity index (χ0v) is 17.7. The third-order valence-corrected chi connectivity index (χ3v) is 4.95. The molecule has 164 valence electrons. The Morgan fingerprint density at radius 2 is 1.55 bits per heavy atom. The molecule has 1 heterocycles. The number of nitrogens with one attached hydrogen (secondary N) is 1. The molecule has 8 heteroatoms. The first kappa shape index (κ1) is 22.1. The van der Waals surface area contributed by atoms with Crippen LogP contribution in [0.2, 0.25) is 0 Å². The number of benzene rings is 2. The van der Waals surface area contributed by atoms with E-state index in [1.54, 1.807) is 28.9 Å². The van der Waals surface area contributed by atoms with Crippen molar-refractivity contribution in [2.24, 2.45) is 0 Å². The van der Waals surface area contributed by atoms with E-state index in [0.717, 1.165) is 11.3 Å². The number of ether oxygens (including phenoxy) is 2. The predicted octanol–water partition coefficient (Wildman–Crippen LogP) is 2.68. The number of carbonyl (C=O) groups excluding carboxylic acids is 3. The van der Waals surface area contributed by atoms with E-state index in [0.29, 0.717) is 31.9 Å². The Morgan fingerprint density at radius 3 is 2.19 bits per heavy atom. The van der Waals surface area contributed by atoms with E-state index >= 15 is 0 Å². The van der Waals surface area contributed by atoms with Gasteiger partial charge in [0.1, 0.15) is 5.75 Å². The normalized spacial score (nSPS) is 14.5. The number of piperazine rings is 1. The Labute approximate surface area is 181 Å². The van der Waals surface area contributed by atoms with Crippen LogP contribution >= 0.6 is 0 Å². The van der Waals surface area contributed by atoms with Crippen LogP contribution in [0.15, 0.2) is 54.6 Å². The van der Waals surface area contributed by atoms with Crippen molar-refractivity contribution in [2.45, 2.75) is 20.0 Å². The minimum Gasteiger partial charge on any atom is -0.479 e. The van der Waals surface area contributed by atoms with Gasteiger partial charge in [-0.15, -0.1) is 0 Å². The summed E-state index contributed by atoms with van der Waals surface area (Å²) in [5.41, 5.74) is 1.81. The topological polar surface area (TPSA) is 88.2 Å². The zero-order valence-electron chi connectivity index (χ0n) is 17.7. The lowest BCUT2D eigenvalue weighted by molar-refractivity contribution is -0.157. The van der Waals surface area contributed by atoms with Crippen LogP contribution < -0.4 is 10.1 Å². The van der Waals surface area contributed by atoms with E-state index in [4.69, 9.17) is 9.47 Å². The SMILES string of the molecule is Cc1ccc(OC(C)C(=O)OCC(=O)N2CCN(C(=O)Nc3ccccc3)CC2)cc1. The van der Waals surface area contributed by atoms with Gasteiger partial charge in [-0.1, -0.05) is 35.9 Å². The van der Waals surface area contributed by atoms with Gasteiger partial charge in [0, 0.05) is 31.9 Å². The average Bonchev–Trinajstić information content (AvgIpc) is 2.79. The molecule has 2 aromatic rings. The molecule has 0 bridgehead atoms. The molecule has 3 amide bonds. The number of anilines is 1. The van der Waals surface area contributed by atoms with Gasteiger partial charge in [-0.2, -0.15) is 0 Å². The number of nitrogens with zero attached hydrogens (tertiary/aromatic N) is 2. The summed E-state index contributed by atoms with van der Waals surface area (Å²) in [5, 5.41) is 2.83. The zero-order chi connectivity index (χ0) is 22.2. The maximum Gasteiger partial charge on any atom is 0.347 e. The Morgan fingerprint density at radius 1 is 0.935 bits per heavy atom. The Hall–Kier alpha value is -3.55. The molecule has 3 rings (SSSR count). The van der Waals surface area contributed by atoms with E-state index in [9.17, 15) is 14.4 Å². The summed E-state index contributed by atoms with van der Waals surface area (Å²) in [7, 11) is 0. The molecule has 1 saturated heterocycles. The predicted molar refractivity (Wildman–Crippen MR) is 116 cm³/mol. The fourth-order valence-corrected chi connectivity index (χ4v) is 3.09. The fourth-order valence-electron chi connectivity index (χ4n) is 3.09. The Kier molecular flexibility index (Phi) is 7.48. The van der Waals surface area contributed by atoms with Gasteiger partial charge in [0.15, 0.2) is 12.7 Å². The van der Waals surface area contributed by atoms with Crippen LogP contribution in [0.5, 0.6) is 5.75 Å². The molecular formula is C23H27N3O5. The van der Waals surface area contributed by atoms with Gasteiger partial charge in [0.05, 0.1) is 0 Å². The molecule has 0 saturated carbocycles. The molecule has 0 aromatic heterocycles. The van der Waals surface area contributed by atoms with Crippen molar-refractivity contribution in [3.8, 4) is 5.75 Å². The van der Waals surface area contributed by atoms with Gasteiger partial charge in [-0.3, -0.25) is 4.79 Å². The molecule has 31 heavy (non-hydrogen) atoms. The van der Waals surface area contributed by atoms with Crippen molar-refractivity contribution >= 4 is 23.6 Å². The Balaban J connectivity index is 1.38. The second kappa shape index (κ2) is 10.5. The Bertz CT molecular complexity index is 893. The number of esters is 1. The van der Waals surface area contributed by atoms with Crippen LogP contribution in [0.25, 0.3) is 0 Å². The molecule has 1 fully saturated rings. The highest BCUT2D eigenvalue weighted by Crippen LogP contribution is 2.14. The highest BCUT2D eigenvalue weighted by molar-refractivity contribution is 5.89. The van der Waals surface area contributed by atoms with Gasteiger partial charge < -0.3 is 24.6 Å². The highest BCUT2D eigenvalue weighted by atomic mass is 16.6. The lowest BCUT2D eigenvalue weighted by atomic mass is 10.2. The van der Waals surface area contributed by atoms with E-state index in [1.807, 2.05) is 49.4 Å².